The minimum Gasteiger partial charge on any atom is -0.434 e. The van der Waals surface area contributed by atoms with Crippen LogP contribution in [-0.4, -0.2) is 39.1 Å². The number of hydrogen-bond donors (Lipinski definition) is 1. The highest BCUT2D eigenvalue weighted by atomic mass is 79.9. The molecule has 0 spiro atoms. The zero-order valence-electron chi connectivity index (χ0n) is 11.7. The van der Waals surface area contributed by atoms with Crippen LogP contribution in [0.15, 0.2) is 22.7 Å². The average molecular weight is 366 g/mol. The van der Waals surface area contributed by atoms with Crippen molar-refractivity contribution in [1.29, 1.82) is 0 Å². The van der Waals surface area contributed by atoms with Gasteiger partial charge in [-0.15, -0.1) is 0 Å². The Balaban J connectivity index is 1.97. The van der Waals surface area contributed by atoms with Crippen LogP contribution in [0.4, 0.5) is 8.78 Å². The molecule has 1 atom stereocenters. The minimum absolute atomic E-state index is 0.176. The maximum absolute atomic E-state index is 12.4. The van der Waals surface area contributed by atoms with Crippen molar-refractivity contribution in [2.45, 2.75) is 25.2 Å². The summed E-state index contributed by atoms with van der Waals surface area (Å²) in [5.74, 6) is 0.176. The van der Waals surface area contributed by atoms with Crippen LogP contribution in [0.2, 0.25) is 0 Å². The zero-order chi connectivity index (χ0) is 15.3. The highest BCUT2D eigenvalue weighted by Gasteiger charge is 2.34. The molecule has 21 heavy (non-hydrogen) atoms. The third kappa shape index (κ3) is 4.60. The van der Waals surface area contributed by atoms with Gasteiger partial charge < -0.3 is 19.5 Å². The van der Waals surface area contributed by atoms with Gasteiger partial charge in [-0.2, -0.15) is 8.78 Å². The van der Waals surface area contributed by atoms with Crippen LogP contribution < -0.4 is 10.1 Å². The molecule has 1 aromatic rings. The third-order valence-electron chi connectivity index (χ3n) is 3.50. The molecule has 1 heterocycles. The standard InChI is InChI=1S/C14H18BrF2NO3/c1-19-14(4-5-20-9-14)8-18-7-10-6-11(15)2-3-12(10)21-13(16)17/h2-3,6,13,18H,4-5,7-9H2,1H3. The van der Waals surface area contributed by atoms with Crippen molar-refractivity contribution in [3.8, 4) is 5.75 Å². The Kier molecular flexibility index (Phi) is 5.92. The van der Waals surface area contributed by atoms with Gasteiger partial charge in [-0.25, -0.2) is 0 Å². The highest BCUT2D eigenvalue weighted by molar-refractivity contribution is 9.10. The molecule has 7 heteroatoms. The summed E-state index contributed by atoms with van der Waals surface area (Å²) in [4.78, 5) is 0. The first-order chi connectivity index (χ1) is 10.0. The van der Waals surface area contributed by atoms with Gasteiger partial charge in [-0.1, -0.05) is 15.9 Å². The fourth-order valence-corrected chi connectivity index (χ4v) is 2.69. The second-order valence-electron chi connectivity index (χ2n) is 4.92. The molecule has 118 valence electrons. The molecular weight excluding hydrogens is 348 g/mol. The lowest BCUT2D eigenvalue weighted by molar-refractivity contribution is -0.0506. The SMILES string of the molecule is COC1(CNCc2cc(Br)ccc2OC(F)F)CCOC1. The van der Waals surface area contributed by atoms with Gasteiger partial charge in [0.1, 0.15) is 11.4 Å². The molecule has 1 saturated heterocycles. The summed E-state index contributed by atoms with van der Waals surface area (Å²) in [5, 5.41) is 3.23. The Bertz CT molecular complexity index is 468. The van der Waals surface area contributed by atoms with E-state index in [9.17, 15) is 8.78 Å². The van der Waals surface area contributed by atoms with Crippen LogP contribution in [0, 0.1) is 0 Å². The van der Waals surface area contributed by atoms with E-state index in [1.807, 2.05) is 0 Å². The molecule has 1 N–H and O–H groups in total. The van der Waals surface area contributed by atoms with Crippen LogP contribution in [0.3, 0.4) is 0 Å². The number of nitrogens with one attached hydrogen (secondary N) is 1. The fraction of sp³-hybridized carbons (Fsp3) is 0.571. The second-order valence-corrected chi connectivity index (χ2v) is 5.84. The zero-order valence-corrected chi connectivity index (χ0v) is 13.3. The van der Waals surface area contributed by atoms with Gasteiger partial charge in [0.05, 0.1) is 6.61 Å². The molecule has 1 unspecified atom stereocenters. The molecule has 1 aliphatic rings. The summed E-state index contributed by atoms with van der Waals surface area (Å²) in [7, 11) is 1.65. The first kappa shape index (κ1) is 16.6. The van der Waals surface area contributed by atoms with Gasteiger partial charge in [0, 0.05) is 43.3 Å². The maximum Gasteiger partial charge on any atom is 0.387 e. The van der Waals surface area contributed by atoms with E-state index >= 15 is 0 Å². The minimum atomic E-state index is -2.83. The lowest BCUT2D eigenvalue weighted by atomic mass is 10.0. The van der Waals surface area contributed by atoms with E-state index in [1.54, 1.807) is 19.2 Å². The molecule has 0 aliphatic carbocycles. The molecule has 0 bridgehead atoms. The Hall–Kier alpha value is -0.760. The molecule has 1 aromatic carbocycles. The number of methoxy groups -OCH3 is 1. The van der Waals surface area contributed by atoms with E-state index in [1.165, 1.54) is 6.07 Å². The monoisotopic (exact) mass is 365 g/mol. The summed E-state index contributed by atoms with van der Waals surface area (Å²) >= 11 is 3.33. The summed E-state index contributed by atoms with van der Waals surface area (Å²) < 4.78 is 41.0. The lowest BCUT2D eigenvalue weighted by Gasteiger charge is -2.26. The maximum atomic E-state index is 12.4. The molecule has 0 radical (unpaired) electrons. The van der Waals surface area contributed by atoms with E-state index in [-0.39, 0.29) is 11.4 Å². The van der Waals surface area contributed by atoms with Crippen LogP contribution in [0.5, 0.6) is 5.75 Å². The van der Waals surface area contributed by atoms with Crippen molar-refractivity contribution in [3.05, 3.63) is 28.2 Å². The smallest absolute Gasteiger partial charge is 0.387 e. The number of rotatable bonds is 7. The number of hydrogen-bond acceptors (Lipinski definition) is 4. The van der Waals surface area contributed by atoms with Gasteiger partial charge in [0.25, 0.3) is 0 Å². The number of alkyl halides is 2. The van der Waals surface area contributed by atoms with E-state index < -0.39 is 6.61 Å². The summed E-state index contributed by atoms with van der Waals surface area (Å²) in [5.41, 5.74) is 0.324. The predicted octanol–water partition coefficient (Wildman–Crippen LogP) is 2.95. The van der Waals surface area contributed by atoms with Gasteiger partial charge >= 0.3 is 6.61 Å². The van der Waals surface area contributed by atoms with Crippen molar-refractivity contribution < 1.29 is 23.0 Å². The van der Waals surface area contributed by atoms with Gasteiger partial charge in [0.2, 0.25) is 0 Å². The van der Waals surface area contributed by atoms with Crippen LogP contribution in [-0.2, 0) is 16.0 Å². The Morgan fingerprint density at radius 3 is 2.90 bits per heavy atom. The molecular formula is C14H18BrF2NO3. The van der Waals surface area contributed by atoms with E-state index in [0.29, 0.717) is 31.9 Å². The lowest BCUT2D eigenvalue weighted by Crippen LogP contribution is -2.42. The molecule has 0 amide bonds. The van der Waals surface area contributed by atoms with Gasteiger partial charge in [0.15, 0.2) is 0 Å². The van der Waals surface area contributed by atoms with E-state index in [4.69, 9.17) is 9.47 Å². The second kappa shape index (κ2) is 7.49. The largest absolute Gasteiger partial charge is 0.434 e. The predicted molar refractivity (Wildman–Crippen MR) is 77.7 cm³/mol. The fourth-order valence-electron chi connectivity index (χ4n) is 2.28. The van der Waals surface area contributed by atoms with Crippen molar-refractivity contribution in [2.24, 2.45) is 0 Å². The first-order valence-corrected chi connectivity index (χ1v) is 7.41. The molecule has 1 fully saturated rings. The summed E-state index contributed by atoms with van der Waals surface area (Å²) in [6, 6.07) is 4.95. The third-order valence-corrected chi connectivity index (χ3v) is 3.99. The number of benzene rings is 1. The van der Waals surface area contributed by atoms with Crippen LogP contribution >= 0.6 is 15.9 Å². The molecule has 4 nitrogen and oxygen atoms in total. The molecule has 1 aliphatic heterocycles. The van der Waals surface area contributed by atoms with Gasteiger partial charge in [-0.3, -0.25) is 0 Å². The topological polar surface area (TPSA) is 39.7 Å². The van der Waals surface area contributed by atoms with E-state index in [0.717, 1.165) is 10.9 Å². The normalized spacial score (nSPS) is 22.0. The number of halogens is 3. The highest BCUT2D eigenvalue weighted by Crippen LogP contribution is 2.26. The van der Waals surface area contributed by atoms with E-state index in [2.05, 4.69) is 26.0 Å². The average Bonchev–Trinajstić information content (AvgIpc) is 2.91. The van der Waals surface area contributed by atoms with Crippen LogP contribution in [0.25, 0.3) is 0 Å². The molecule has 0 saturated carbocycles. The van der Waals surface area contributed by atoms with Crippen molar-refractivity contribution >= 4 is 15.9 Å². The Labute approximate surface area is 130 Å². The van der Waals surface area contributed by atoms with Crippen LogP contribution in [0.1, 0.15) is 12.0 Å². The Morgan fingerprint density at radius 1 is 1.48 bits per heavy atom. The molecule has 0 aromatic heterocycles. The summed E-state index contributed by atoms with van der Waals surface area (Å²) in [6.45, 7) is -0.628. The van der Waals surface area contributed by atoms with Crippen molar-refractivity contribution in [2.75, 3.05) is 26.9 Å². The number of ether oxygens (including phenoxy) is 3. The first-order valence-electron chi connectivity index (χ1n) is 6.61. The summed E-state index contributed by atoms with van der Waals surface area (Å²) in [6.07, 6.45) is 0.815. The van der Waals surface area contributed by atoms with Gasteiger partial charge in [-0.05, 0) is 18.2 Å². The van der Waals surface area contributed by atoms with Crippen molar-refractivity contribution in [3.63, 3.8) is 0 Å². The Morgan fingerprint density at radius 2 is 2.29 bits per heavy atom. The quantitative estimate of drug-likeness (QED) is 0.806. The van der Waals surface area contributed by atoms with Crippen molar-refractivity contribution in [1.82, 2.24) is 5.32 Å². The molecule has 2 rings (SSSR count).